The van der Waals surface area contributed by atoms with Crippen molar-refractivity contribution < 1.29 is 4.74 Å². The molecule has 2 rings (SSSR count). The van der Waals surface area contributed by atoms with Crippen molar-refractivity contribution in [2.45, 2.75) is 65.0 Å². The lowest BCUT2D eigenvalue weighted by molar-refractivity contribution is -0.106. The van der Waals surface area contributed by atoms with Gasteiger partial charge in [0.15, 0.2) is 5.96 Å². The van der Waals surface area contributed by atoms with E-state index in [9.17, 15) is 0 Å². The second-order valence-corrected chi connectivity index (χ2v) is 6.51. The smallest absolute Gasteiger partial charge is 0.188 e. The van der Waals surface area contributed by atoms with E-state index in [0.717, 1.165) is 26.0 Å². The zero-order chi connectivity index (χ0) is 13.9. The number of halogens is 1. The van der Waals surface area contributed by atoms with E-state index >= 15 is 0 Å². The van der Waals surface area contributed by atoms with Crippen molar-refractivity contribution in [3.8, 4) is 0 Å². The highest BCUT2D eigenvalue weighted by Gasteiger charge is 2.59. The third-order valence-electron chi connectivity index (χ3n) is 4.70. The van der Waals surface area contributed by atoms with Crippen LogP contribution in [0.2, 0.25) is 0 Å². The predicted octanol–water partition coefficient (Wildman–Crippen LogP) is 2.90. The summed E-state index contributed by atoms with van der Waals surface area (Å²) in [6.07, 6.45) is 6.49. The highest BCUT2D eigenvalue weighted by atomic mass is 127. The Balaban J connectivity index is 0.00000200. The molecular weight excluding hydrogens is 365 g/mol. The summed E-state index contributed by atoms with van der Waals surface area (Å²) in [6, 6.07) is 0.416. The topological polar surface area (TPSA) is 59.6 Å². The molecular formula is C15H30IN3O. The predicted molar refractivity (Wildman–Crippen MR) is 94.6 cm³/mol. The van der Waals surface area contributed by atoms with Crippen molar-refractivity contribution in [3.05, 3.63) is 0 Å². The number of hydrogen-bond donors (Lipinski definition) is 2. The van der Waals surface area contributed by atoms with Crippen LogP contribution in [0, 0.1) is 11.3 Å². The summed E-state index contributed by atoms with van der Waals surface area (Å²) < 4.78 is 5.78. The van der Waals surface area contributed by atoms with Crippen LogP contribution in [0.4, 0.5) is 0 Å². The Morgan fingerprint density at radius 3 is 2.80 bits per heavy atom. The maximum Gasteiger partial charge on any atom is 0.188 e. The molecule has 2 fully saturated rings. The number of hydrogen-bond acceptors (Lipinski definition) is 2. The summed E-state index contributed by atoms with van der Waals surface area (Å²) in [7, 11) is 0. The SMILES string of the molecule is CCCCCCN=C(N)NC1C2CCOC2C1(C)C.I. The summed E-state index contributed by atoms with van der Waals surface area (Å²) in [4.78, 5) is 4.44. The van der Waals surface area contributed by atoms with Gasteiger partial charge in [-0.15, -0.1) is 24.0 Å². The van der Waals surface area contributed by atoms with Gasteiger partial charge in [0.25, 0.3) is 0 Å². The summed E-state index contributed by atoms with van der Waals surface area (Å²) in [5.41, 5.74) is 6.17. The van der Waals surface area contributed by atoms with Crippen molar-refractivity contribution in [1.29, 1.82) is 0 Å². The number of unbranched alkanes of at least 4 members (excludes halogenated alkanes) is 3. The summed E-state index contributed by atoms with van der Waals surface area (Å²) in [5, 5.41) is 3.42. The van der Waals surface area contributed by atoms with Crippen molar-refractivity contribution in [2.24, 2.45) is 22.1 Å². The molecule has 0 aromatic carbocycles. The van der Waals surface area contributed by atoms with E-state index in [1.54, 1.807) is 0 Å². The summed E-state index contributed by atoms with van der Waals surface area (Å²) in [5.74, 6) is 1.23. The van der Waals surface area contributed by atoms with E-state index in [-0.39, 0.29) is 29.4 Å². The molecule has 4 nitrogen and oxygen atoms in total. The first-order valence-electron chi connectivity index (χ1n) is 7.75. The number of guanidine groups is 1. The Bertz CT molecular complexity index is 333. The van der Waals surface area contributed by atoms with Gasteiger partial charge in [-0.1, -0.05) is 40.0 Å². The summed E-state index contributed by atoms with van der Waals surface area (Å²) >= 11 is 0. The summed E-state index contributed by atoms with van der Waals surface area (Å²) in [6.45, 7) is 8.47. The van der Waals surface area contributed by atoms with Gasteiger partial charge >= 0.3 is 0 Å². The zero-order valence-corrected chi connectivity index (χ0v) is 15.4. The Kier molecular flexibility index (Phi) is 7.04. The molecule has 3 atom stereocenters. The molecule has 3 N–H and O–H groups in total. The molecule has 0 radical (unpaired) electrons. The number of nitrogens with zero attached hydrogens (tertiary/aromatic N) is 1. The van der Waals surface area contributed by atoms with Gasteiger partial charge in [-0.3, -0.25) is 4.99 Å². The zero-order valence-electron chi connectivity index (χ0n) is 13.0. The molecule has 0 amide bonds. The quantitative estimate of drug-likeness (QED) is 0.315. The van der Waals surface area contributed by atoms with Crippen molar-refractivity contribution in [1.82, 2.24) is 5.32 Å². The first-order chi connectivity index (χ1) is 9.07. The Labute approximate surface area is 140 Å². The highest BCUT2D eigenvalue weighted by Crippen LogP contribution is 2.51. The minimum atomic E-state index is 0. The van der Waals surface area contributed by atoms with Crippen LogP contribution in [0.3, 0.4) is 0 Å². The molecule has 2 aliphatic rings. The van der Waals surface area contributed by atoms with E-state index in [1.807, 2.05) is 0 Å². The molecule has 1 saturated heterocycles. The van der Waals surface area contributed by atoms with E-state index in [4.69, 9.17) is 10.5 Å². The maximum absolute atomic E-state index is 6.00. The van der Waals surface area contributed by atoms with Crippen molar-refractivity contribution >= 4 is 29.9 Å². The molecule has 0 aromatic heterocycles. The fourth-order valence-electron chi connectivity index (χ4n) is 3.56. The van der Waals surface area contributed by atoms with Crippen LogP contribution in [-0.4, -0.2) is 31.3 Å². The fraction of sp³-hybridized carbons (Fsp3) is 0.933. The van der Waals surface area contributed by atoms with Gasteiger partial charge in [0.05, 0.1) is 6.10 Å². The molecule has 1 aliphatic carbocycles. The largest absolute Gasteiger partial charge is 0.377 e. The normalized spacial score (nSPS) is 31.1. The molecule has 5 heteroatoms. The molecule has 1 saturated carbocycles. The number of nitrogens with two attached hydrogens (primary N) is 1. The van der Waals surface area contributed by atoms with Gasteiger partial charge in [-0.2, -0.15) is 0 Å². The van der Waals surface area contributed by atoms with Crippen LogP contribution in [0.1, 0.15) is 52.9 Å². The van der Waals surface area contributed by atoms with E-state index in [1.165, 1.54) is 19.3 Å². The maximum atomic E-state index is 6.00. The number of rotatable bonds is 6. The number of ether oxygens (including phenoxy) is 1. The van der Waals surface area contributed by atoms with Crippen LogP contribution >= 0.6 is 24.0 Å². The molecule has 20 heavy (non-hydrogen) atoms. The van der Waals surface area contributed by atoms with Crippen LogP contribution < -0.4 is 11.1 Å². The lowest BCUT2D eigenvalue weighted by Crippen LogP contribution is -2.67. The van der Waals surface area contributed by atoms with Crippen molar-refractivity contribution in [2.75, 3.05) is 13.2 Å². The third-order valence-corrected chi connectivity index (χ3v) is 4.70. The molecule has 118 valence electrons. The third kappa shape index (κ3) is 3.78. The molecule has 1 heterocycles. The van der Waals surface area contributed by atoms with Crippen LogP contribution in [-0.2, 0) is 4.74 Å². The average Bonchev–Trinajstić information content (AvgIpc) is 2.82. The molecule has 0 aromatic rings. The lowest BCUT2D eigenvalue weighted by Gasteiger charge is -2.54. The van der Waals surface area contributed by atoms with Crippen LogP contribution in [0.5, 0.6) is 0 Å². The second kappa shape index (κ2) is 7.82. The fourth-order valence-corrected chi connectivity index (χ4v) is 3.56. The van der Waals surface area contributed by atoms with E-state index in [2.05, 4.69) is 31.1 Å². The average molecular weight is 395 g/mol. The standard InChI is InChI=1S/C15H29N3O.HI/c1-4-5-6-7-9-17-14(16)18-12-11-8-10-19-13(11)15(12,2)3;/h11-13H,4-10H2,1-3H3,(H3,16,17,18);1H. The number of fused-ring (bicyclic) bond motifs is 1. The first kappa shape index (κ1) is 18.0. The number of nitrogens with one attached hydrogen (secondary N) is 1. The second-order valence-electron chi connectivity index (χ2n) is 6.51. The highest BCUT2D eigenvalue weighted by molar-refractivity contribution is 14.0. The monoisotopic (exact) mass is 395 g/mol. The van der Waals surface area contributed by atoms with Gasteiger partial charge in [0.1, 0.15) is 0 Å². The number of aliphatic imine (C=N–C) groups is 1. The first-order valence-corrected chi connectivity index (χ1v) is 7.75. The Hall–Kier alpha value is -0.0400. The Morgan fingerprint density at radius 1 is 1.35 bits per heavy atom. The molecule has 1 aliphatic heterocycles. The van der Waals surface area contributed by atoms with Gasteiger partial charge in [0, 0.05) is 30.5 Å². The minimum absolute atomic E-state index is 0. The van der Waals surface area contributed by atoms with Gasteiger partial charge in [-0.25, -0.2) is 0 Å². The van der Waals surface area contributed by atoms with Crippen molar-refractivity contribution in [3.63, 3.8) is 0 Å². The van der Waals surface area contributed by atoms with Gasteiger partial charge < -0.3 is 15.8 Å². The molecule has 3 unspecified atom stereocenters. The molecule has 0 bridgehead atoms. The lowest BCUT2D eigenvalue weighted by atomic mass is 9.57. The van der Waals surface area contributed by atoms with E-state index < -0.39 is 0 Å². The van der Waals surface area contributed by atoms with Crippen LogP contribution in [0.15, 0.2) is 4.99 Å². The van der Waals surface area contributed by atoms with Crippen LogP contribution in [0.25, 0.3) is 0 Å². The minimum Gasteiger partial charge on any atom is -0.377 e. The molecule has 0 spiro atoms. The van der Waals surface area contributed by atoms with Gasteiger partial charge in [0.2, 0.25) is 0 Å². The van der Waals surface area contributed by atoms with E-state index in [0.29, 0.717) is 24.0 Å². The Morgan fingerprint density at radius 2 is 2.10 bits per heavy atom. The van der Waals surface area contributed by atoms with Gasteiger partial charge in [-0.05, 0) is 12.8 Å².